The Morgan fingerprint density at radius 1 is 1.35 bits per heavy atom. The van der Waals surface area contributed by atoms with Crippen molar-refractivity contribution in [2.75, 3.05) is 6.54 Å². The smallest absolute Gasteiger partial charge is 0.217 e. The highest BCUT2D eigenvalue weighted by molar-refractivity contribution is 5.82. The fourth-order valence-electron chi connectivity index (χ4n) is 1.91. The Morgan fingerprint density at radius 3 is 3.06 bits per heavy atom. The molecule has 0 aliphatic carbocycles. The minimum absolute atomic E-state index is 0.238. The van der Waals surface area contributed by atoms with Crippen molar-refractivity contribution in [1.29, 1.82) is 0 Å². The standard InChI is InChI=1S/C13H17N3O/c14-12(17)5-2-7-15-9-11-4-1-3-10-6-8-16-13(10)11/h1,3-4,6,8,15-16H,2,5,7,9H2,(H2,14,17). The number of aromatic nitrogens is 1. The van der Waals surface area contributed by atoms with Crippen LogP contribution in [0.25, 0.3) is 10.9 Å². The molecule has 1 heterocycles. The van der Waals surface area contributed by atoms with Gasteiger partial charge in [-0.2, -0.15) is 0 Å². The van der Waals surface area contributed by atoms with Crippen molar-refractivity contribution in [3.8, 4) is 0 Å². The normalized spacial score (nSPS) is 10.8. The van der Waals surface area contributed by atoms with E-state index in [4.69, 9.17) is 5.73 Å². The largest absolute Gasteiger partial charge is 0.370 e. The van der Waals surface area contributed by atoms with E-state index in [0.29, 0.717) is 6.42 Å². The first kappa shape index (κ1) is 11.7. The maximum atomic E-state index is 10.6. The van der Waals surface area contributed by atoms with Gasteiger partial charge in [0.25, 0.3) is 0 Å². The van der Waals surface area contributed by atoms with Crippen LogP contribution in [0, 0.1) is 0 Å². The number of amides is 1. The molecule has 0 unspecified atom stereocenters. The SMILES string of the molecule is NC(=O)CCCNCc1cccc2cc[nH]c12. The van der Waals surface area contributed by atoms with Gasteiger partial charge in [0.2, 0.25) is 5.91 Å². The van der Waals surface area contributed by atoms with Crippen LogP contribution in [-0.2, 0) is 11.3 Å². The highest BCUT2D eigenvalue weighted by atomic mass is 16.1. The molecular weight excluding hydrogens is 214 g/mol. The second kappa shape index (κ2) is 5.50. The van der Waals surface area contributed by atoms with Crippen LogP contribution < -0.4 is 11.1 Å². The topological polar surface area (TPSA) is 70.9 Å². The summed E-state index contributed by atoms with van der Waals surface area (Å²) in [4.78, 5) is 13.8. The van der Waals surface area contributed by atoms with Crippen molar-refractivity contribution in [2.45, 2.75) is 19.4 Å². The average molecular weight is 231 g/mol. The van der Waals surface area contributed by atoms with Gasteiger partial charge in [-0.15, -0.1) is 0 Å². The molecule has 2 aromatic rings. The van der Waals surface area contributed by atoms with Gasteiger partial charge in [-0.05, 0) is 30.0 Å². The predicted octanol–water partition coefficient (Wildman–Crippen LogP) is 1.52. The molecule has 0 aliphatic rings. The van der Waals surface area contributed by atoms with Gasteiger partial charge >= 0.3 is 0 Å². The lowest BCUT2D eigenvalue weighted by Crippen LogP contribution is -2.18. The van der Waals surface area contributed by atoms with Gasteiger partial charge in [-0.1, -0.05) is 18.2 Å². The molecule has 1 aromatic carbocycles. The number of para-hydroxylation sites is 1. The molecule has 1 amide bonds. The molecular formula is C13H17N3O. The summed E-state index contributed by atoms with van der Waals surface area (Å²) in [6.07, 6.45) is 3.18. The van der Waals surface area contributed by atoms with E-state index in [2.05, 4.69) is 34.6 Å². The molecule has 0 fully saturated rings. The zero-order valence-corrected chi connectivity index (χ0v) is 9.70. The minimum Gasteiger partial charge on any atom is -0.370 e. The van der Waals surface area contributed by atoms with E-state index in [9.17, 15) is 4.79 Å². The lowest BCUT2D eigenvalue weighted by Gasteiger charge is -2.05. The molecule has 4 nitrogen and oxygen atoms in total. The van der Waals surface area contributed by atoms with Gasteiger partial charge < -0.3 is 16.0 Å². The number of benzene rings is 1. The summed E-state index contributed by atoms with van der Waals surface area (Å²) in [7, 11) is 0. The number of hydrogen-bond acceptors (Lipinski definition) is 2. The summed E-state index contributed by atoms with van der Waals surface area (Å²) in [5.41, 5.74) is 7.49. The van der Waals surface area contributed by atoms with Crippen LogP contribution in [0.5, 0.6) is 0 Å². The summed E-state index contributed by atoms with van der Waals surface area (Å²) >= 11 is 0. The van der Waals surface area contributed by atoms with E-state index in [-0.39, 0.29) is 5.91 Å². The molecule has 1 aromatic heterocycles. The zero-order chi connectivity index (χ0) is 12.1. The van der Waals surface area contributed by atoms with Crippen LogP contribution in [-0.4, -0.2) is 17.4 Å². The van der Waals surface area contributed by atoms with Crippen molar-refractivity contribution < 1.29 is 4.79 Å². The second-order valence-electron chi connectivity index (χ2n) is 4.11. The summed E-state index contributed by atoms with van der Waals surface area (Å²) in [6.45, 7) is 1.61. The predicted molar refractivity (Wildman–Crippen MR) is 68.4 cm³/mol. The van der Waals surface area contributed by atoms with Crippen molar-refractivity contribution >= 4 is 16.8 Å². The molecule has 90 valence electrons. The highest BCUT2D eigenvalue weighted by Crippen LogP contribution is 2.16. The summed E-state index contributed by atoms with van der Waals surface area (Å²) in [5, 5.41) is 4.53. The van der Waals surface area contributed by atoms with Gasteiger partial charge in [-0.3, -0.25) is 4.79 Å². The van der Waals surface area contributed by atoms with Crippen molar-refractivity contribution in [1.82, 2.24) is 10.3 Å². The monoisotopic (exact) mass is 231 g/mol. The van der Waals surface area contributed by atoms with Crippen LogP contribution in [0.4, 0.5) is 0 Å². The van der Waals surface area contributed by atoms with Gasteiger partial charge in [0.1, 0.15) is 0 Å². The number of hydrogen-bond donors (Lipinski definition) is 3. The van der Waals surface area contributed by atoms with Crippen molar-refractivity contribution in [2.24, 2.45) is 5.73 Å². The average Bonchev–Trinajstić information content (AvgIpc) is 2.77. The number of carbonyl (C=O) groups excluding carboxylic acids is 1. The number of nitrogens with one attached hydrogen (secondary N) is 2. The van der Waals surface area contributed by atoms with Crippen LogP contribution in [0.1, 0.15) is 18.4 Å². The molecule has 4 N–H and O–H groups in total. The van der Waals surface area contributed by atoms with E-state index >= 15 is 0 Å². The summed E-state index contributed by atoms with van der Waals surface area (Å²) in [6, 6.07) is 8.30. The molecule has 17 heavy (non-hydrogen) atoms. The summed E-state index contributed by atoms with van der Waals surface area (Å²) in [5.74, 6) is -0.238. The lowest BCUT2D eigenvalue weighted by atomic mass is 10.1. The van der Waals surface area contributed by atoms with E-state index in [1.165, 1.54) is 16.5 Å². The lowest BCUT2D eigenvalue weighted by molar-refractivity contribution is -0.118. The first-order chi connectivity index (χ1) is 8.27. The Labute approximate surface area is 100 Å². The Hall–Kier alpha value is -1.81. The number of primary amides is 1. The van der Waals surface area contributed by atoms with E-state index in [1.807, 2.05) is 6.20 Å². The van der Waals surface area contributed by atoms with E-state index < -0.39 is 0 Å². The number of rotatable bonds is 6. The van der Waals surface area contributed by atoms with Crippen LogP contribution in [0.3, 0.4) is 0 Å². The maximum absolute atomic E-state index is 10.6. The Balaban J connectivity index is 1.86. The highest BCUT2D eigenvalue weighted by Gasteiger charge is 2.01. The Kier molecular flexibility index (Phi) is 3.77. The number of fused-ring (bicyclic) bond motifs is 1. The van der Waals surface area contributed by atoms with Gasteiger partial charge in [-0.25, -0.2) is 0 Å². The van der Waals surface area contributed by atoms with Crippen molar-refractivity contribution in [3.05, 3.63) is 36.0 Å². The fourth-order valence-corrected chi connectivity index (χ4v) is 1.91. The molecule has 0 bridgehead atoms. The molecule has 0 saturated carbocycles. The molecule has 4 heteroatoms. The number of aromatic amines is 1. The quantitative estimate of drug-likeness (QED) is 0.660. The van der Waals surface area contributed by atoms with Gasteiger partial charge in [0, 0.05) is 24.7 Å². The first-order valence-corrected chi connectivity index (χ1v) is 5.81. The molecule has 0 saturated heterocycles. The Morgan fingerprint density at radius 2 is 2.24 bits per heavy atom. The van der Waals surface area contributed by atoms with Gasteiger partial charge in [0.15, 0.2) is 0 Å². The third-order valence-corrected chi connectivity index (χ3v) is 2.77. The molecule has 0 spiro atoms. The fraction of sp³-hybridized carbons (Fsp3) is 0.308. The minimum atomic E-state index is -0.238. The third kappa shape index (κ3) is 3.07. The Bertz CT molecular complexity index is 504. The molecule has 0 radical (unpaired) electrons. The number of carbonyl (C=O) groups is 1. The summed E-state index contributed by atoms with van der Waals surface area (Å²) < 4.78 is 0. The zero-order valence-electron chi connectivity index (χ0n) is 9.70. The van der Waals surface area contributed by atoms with E-state index in [0.717, 1.165) is 19.5 Å². The van der Waals surface area contributed by atoms with Crippen LogP contribution in [0.15, 0.2) is 30.5 Å². The van der Waals surface area contributed by atoms with E-state index in [1.54, 1.807) is 0 Å². The van der Waals surface area contributed by atoms with Crippen LogP contribution in [0.2, 0.25) is 0 Å². The van der Waals surface area contributed by atoms with Gasteiger partial charge in [0.05, 0.1) is 0 Å². The molecule has 0 atom stereocenters. The van der Waals surface area contributed by atoms with Crippen LogP contribution >= 0.6 is 0 Å². The molecule has 0 aliphatic heterocycles. The second-order valence-corrected chi connectivity index (χ2v) is 4.11. The number of H-pyrrole nitrogens is 1. The number of nitrogens with two attached hydrogens (primary N) is 1. The molecule has 2 rings (SSSR count). The third-order valence-electron chi connectivity index (χ3n) is 2.77. The first-order valence-electron chi connectivity index (χ1n) is 5.81. The van der Waals surface area contributed by atoms with Crippen molar-refractivity contribution in [3.63, 3.8) is 0 Å². The maximum Gasteiger partial charge on any atom is 0.217 e.